The van der Waals surface area contributed by atoms with Gasteiger partial charge in [-0.3, -0.25) is 0 Å². The molecule has 0 aliphatic carbocycles. The standard InChI is InChI=1S/C4H10O3.C4H6O2/c1-2-3-4(5,6)7;1-3-4(5)6-2/h5-7H,2-3H2,1H3;3H,1H2,2H3. The third-order valence-electron chi connectivity index (χ3n) is 0.953. The molecule has 0 radical (unpaired) electrons. The summed E-state index contributed by atoms with van der Waals surface area (Å²) >= 11 is 0. The van der Waals surface area contributed by atoms with Crippen LogP contribution in [0.3, 0.4) is 0 Å². The molecule has 0 aromatic heterocycles. The largest absolute Gasteiger partial charge is 0.466 e. The average Bonchev–Trinajstić information content (AvgIpc) is 2.02. The molecule has 0 rings (SSSR count). The van der Waals surface area contributed by atoms with Crippen molar-refractivity contribution < 1.29 is 24.9 Å². The number of esters is 1. The Morgan fingerprint density at radius 1 is 1.54 bits per heavy atom. The maximum atomic E-state index is 9.84. The summed E-state index contributed by atoms with van der Waals surface area (Å²) < 4.78 is 4.14. The van der Waals surface area contributed by atoms with Crippen molar-refractivity contribution in [1.82, 2.24) is 0 Å². The van der Waals surface area contributed by atoms with Gasteiger partial charge in [0.05, 0.1) is 7.11 Å². The van der Waals surface area contributed by atoms with Gasteiger partial charge in [-0.05, 0) is 6.42 Å². The predicted octanol–water partition coefficient (Wildman–Crippen LogP) is -0.237. The highest BCUT2D eigenvalue weighted by molar-refractivity contribution is 5.80. The van der Waals surface area contributed by atoms with Crippen molar-refractivity contribution in [2.75, 3.05) is 7.11 Å². The molecular weight excluding hydrogens is 176 g/mol. The van der Waals surface area contributed by atoms with Crippen LogP contribution in [-0.4, -0.2) is 34.4 Å². The second kappa shape index (κ2) is 7.72. The van der Waals surface area contributed by atoms with Gasteiger partial charge in [-0.25, -0.2) is 4.79 Å². The van der Waals surface area contributed by atoms with Crippen LogP contribution in [0.5, 0.6) is 0 Å². The molecule has 0 fully saturated rings. The van der Waals surface area contributed by atoms with Crippen LogP contribution in [0.25, 0.3) is 0 Å². The minimum atomic E-state index is -2.45. The lowest BCUT2D eigenvalue weighted by Gasteiger charge is -2.10. The Balaban J connectivity index is 0. The van der Waals surface area contributed by atoms with Crippen LogP contribution < -0.4 is 0 Å². The first-order valence-electron chi connectivity index (χ1n) is 3.74. The van der Waals surface area contributed by atoms with E-state index in [1.165, 1.54) is 7.11 Å². The summed E-state index contributed by atoms with van der Waals surface area (Å²) in [5, 5.41) is 24.4. The van der Waals surface area contributed by atoms with Gasteiger partial charge >= 0.3 is 5.97 Å². The quantitative estimate of drug-likeness (QED) is 0.326. The zero-order valence-electron chi connectivity index (χ0n) is 7.86. The van der Waals surface area contributed by atoms with Crippen LogP contribution >= 0.6 is 0 Å². The molecule has 0 heterocycles. The third kappa shape index (κ3) is 18.2. The highest BCUT2D eigenvalue weighted by atomic mass is 16.7. The fraction of sp³-hybridized carbons (Fsp3) is 0.625. The van der Waals surface area contributed by atoms with Crippen LogP contribution in [0.4, 0.5) is 0 Å². The Hall–Kier alpha value is -0.910. The van der Waals surface area contributed by atoms with Crippen LogP contribution in [0.1, 0.15) is 19.8 Å². The van der Waals surface area contributed by atoms with Gasteiger partial charge < -0.3 is 20.1 Å². The molecule has 78 valence electrons. The molecule has 5 nitrogen and oxygen atoms in total. The summed E-state index contributed by atoms with van der Waals surface area (Å²) in [4.78, 5) is 9.84. The lowest BCUT2D eigenvalue weighted by Crippen LogP contribution is -2.26. The first-order chi connectivity index (χ1) is 5.87. The van der Waals surface area contributed by atoms with Gasteiger partial charge in [0.15, 0.2) is 0 Å². The molecule has 5 heteroatoms. The Labute approximate surface area is 77.3 Å². The van der Waals surface area contributed by atoms with Crippen LogP contribution in [0.15, 0.2) is 12.7 Å². The summed E-state index contributed by atoms with van der Waals surface area (Å²) in [5.41, 5.74) is 0. The zero-order valence-corrected chi connectivity index (χ0v) is 7.86. The molecule has 0 saturated heterocycles. The minimum absolute atomic E-state index is 0.00694. The summed E-state index contributed by atoms with van der Waals surface area (Å²) in [6, 6.07) is 0. The summed E-state index contributed by atoms with van der Waals surface area (Å²) in [5.74, 6) is -2.84. The monoisotopic (exact) mass is 192 g/mol. The molecule has 0 atom stereocenters. The number of aliphatic hydroxyl groups is 3. The molecule has 0 spiro atoms. The van der Waals surface area contributed by atoms with Gasteiger partial charge in [-0.2, -0.15) is 0 Å². The summed E-state index contributed by atoms with van der Waals surface area (Å²) in [6.45, 7) is 4.90. The second-order valence-corrected chi connectivity index (χ2v) is 2.25. The molecule has 0 aliphatic rings. The van der Waals surface area contributed by atoms with Crippen LogP contribution in [0.2, 0.25) is 0 Å². The number of hydrogen-bond donors (Lipinski definition) is 3. The lowest BCUT2D eigenvalue weighted by atomic mass is 10.3. The van der Waals surface area contributed by atoms with Crippen LogP contribution in [-0.2, 0) is 9.53 Å². The summed E-state index contributed by atoms with van der Waals surface area (Å²) in [7, 11) is 1.31. The topological polar surface area (TPSA) is 87.0 Å². The minimum Gasteiger partial charge on any atom is -0.466 e. The van der Waals surface area contributed by atoms with Crippen molar-refractivity contribution in [3.05, 3.63) is 12.7 Å². The van der Waals surface area contributed by atoms with E-state index in [9.17, 15) is 4.79 Å². The van der Waals surface area contributed by atoms with Gasteiger partial charge in [-0.15, -0.1) is 0 Å². The second-order valence-electron chi connectivity index (χ2n) is 2.25. The molecule has 13 heavy (non-hydrogen) atoms. The van der Waals surface area contributed by atoms with E-state index in [2.05, 4.69) is 11.3 Å². The van der Waals surface area contributed by atoms with E-state index in [-0.39, 0.29) is 6.42 Å². The van der Waals surface area contributed by atoms with Crippen molar-refractivity contribution in [1.29, 1.82) is 0 Å². The SMILES string of the molecule is C=CC(=O)OC.CCCC(O)(O)O. The van der Waals surface area contributed by atoms with Crippen molar-refractivity contribution in [2.45, 2.75) is 25.7 Å². The fourth-order valence-electron chi connectivity index (χ4n) is 0.419. The average molecular weight is 192 g/mol. The highest BCUT2D eigenvalue weighted by Crippen LogP contribution is 2.01. The van der Waals surface area contributed by atoms with E-state index in [1.54, 1.807) is 6.92 Å². The van der Waals surface area contributed by atoms with E-state index in [1.807, 2.05) is 0 Å². The van der Waals surface area contributed by atoms with E-state index in [0.717, 1.165) is 6.08 Å². The van der Waals surface area contributed by atoms with Crippen molar-refractivity contribution in [3.63, 3.8) is 0 Å². The molecule has 0 saturated carbocycles. The van der Waals surface area contributed by atoms with Gasteiger partial charge in [0.25, 0.3) is 5.97 Å². The van der Waals surface area contributed by atoms with Crippen molar-refractivity contribution in [2.24, 2.45) is 0 Å². The number of methoxy groups -OCH3 is 1. The van der Waals surface area contributed by atoms with Gasteiger partial charge in [0, 0.05) is 12.5 Å². The first-order valence-corrected chi connectivity index (χ1v) is 3.74. The summed E-state index contributed by atoms with van der Waals surface area (Å²) in [6.07, 6.45) is 1.68. The number of hydrogen-bond acceptors (Lipinski definition) is 5. The van der Waals surface area contributed by atoms with Gasteiger partial charge in [0.2, 0.25) is 0 Å². The molecule has 3 N–H and O–H groups in total. The molecule has 0 aliphatic heterocycles. The first kappa shape index (κ1) is 14.6. The Bertz CT molecular complexity index is 147. The van der Waals surface area contributed by atoms with Crippen molar-refractivity contribution in [3.8, 4) is 0 Å². The van der Waals surface area contributed by atoms with Gasteiger partial charge in [-0.1, -0.05) is 13.5 Å². The predicted molar refractivity (Wildman–Crippen MR) is 46.5 cm³/mol. The number of carbonyl (C=O) groups excluding carboxylic acids is 1. The molecule has 0 aromatic carbocycles. The number of carbonyl (C=O) groups is 1. The molecule has 0 amide bonds. The lowest BCUT2D eigenvalue weighted by molar-refractivity contribution is -0.314. The van der Waals surface area contributed by atoms with E-state index < -0.39 is 11.9 Å². The molecule has 0 aromatic rings. The molecule has 0 unspecified atom stereocenters. The Morgan fingerprint density at radius 3 is 2.00 bits per heavy atom. The smallest absolute Gasteiger partial charge is 0.329 e. The fourth-order valence-corrected chi connectivity index (χ4v) is 0.419. The van der Waals surface area contributed by atoms with Gasteiger partial charge in [0.1, 0.15) is 0 Å². The molecular formula is C8H16O5. The van der Waals surface area contributed by atoms with Crippen molar-refractivity contribution >= 4 is 5.97 Å². The Kier molecular flexibility index (Phi) is 8.68. The zero-order chi connectivity index (χ0) is 10.9. The maximum absolute atomic E-state index is 9.84. The number of ether oxygens (including phenoxy) is 1. The maximum Gasteiger partial charge on any atom is 0.329 e. The third-order valence-corrected chi connectivity index (χ3v) is 0.953. The van der Waals surface area contributed by atoms with E-state index in [4.69, 9.17) is 15.3 Å². The highest BCUT2D eigenvalue weighted by Gasteiger charge is 2.14. The van der Waals surface area contributed by atoms with E-state index >= 15 is 0 Å². The Morgan fingerprint density at radius 2 is 2.00 bits per heavy atom. The van der Waals surface area contributed by atoms with Crippen LogP contribution in [0, 0.1) is 0 Å². The number of rotatable bonds is 3. The van der Waals surface area contributed by atoms with E-state index in [0.29, 0.717) is 6.42 Å². The molecule has 0 bridgehead atoms. The normalized spacial score (nSPS) is 9.62.